The fourth-order valence-corrected chi connectivity index (χ4v) is 3.41. The van der Waals surface area contributed by atoms with Crippen molar-refractivity contribution in [1.82, 2.24) is 0 Å². The molecule has 0 heterocycles. The number of benzene rings is 2. The van der Waals surface area contributed by atoms with Crippen molar-refractivity contribution >= 4 is 17.6 Å². The van der Waals surface area contributed by atoms with Crippen LogP contribution in [0.2, 0.25) is 0 Å². The molecule has 1 unspecified atom stereocenters. The van der Waals surface area contributed by atoms with Gasteiger partial charge in [0.1, 0.15) is 0 Å². The van der Waals surface area contributed by atoms with Crippen LogP contribution in [-0.2, 0) is 26.6 Å². The zero-order valence-corrected chi connectivity index (χ0v) is 19.2. The van der Waals surface area contributed by atoms with E-state index in [0.29, 0.717) is 0 Å². The first-order valence-electron chi connectivity index (χ1n) is 10.7. The largest absolute Gasteiger partial charge is 1.00 e. The smallest absolute Gasteiger partial charge is 0.466 e. The van der Waals surface area contributed by atoms with Crippen molar-refractivity contribution in [3.05, 3.63) is 83.4 Å². The number of hydrogen-bond acceptors (Lipinski definition) is 2. The van der Waals surface area contributed by atoms with Crippen molar-refractivity contribution < 1.29 is 26.6 Å². The molecule has 2 aromatic rings. The van der Waals surface area contributed by atoms with E-state index in [1.807, 2.05) is 18.2 Å². The van der Waals surface area contributed by atoms with Crippen LogP contribution >= 0.6 is 0 Å². The van der Waals surface area contributed by atoms with Crippen molar-refractivity contribution in [3.63, 3.8) is 0 Å². The van der Waals surface area contributed by atoms with Gasteiger partial charge in [-0.1, -0.05) is 124 Å². The predicted octanol–water partition coefficient (Wildman–Crippen LogP) is 7.22. The second-order valence-electron chi connectivity index (χ2n) is 7.28. The molecule has 2 nitrogen and oxygen atoms in total. The summed E-state index contributed by atoms with van der Waals surface area (Å²) in [5.41, 5.74) is 4.73. The number of allylic oxidation sites excluding steroid dienone is 2. The summed E-state index contributed by atoms with van der Waals surface area (Å²) in [6.45, 7) is 4.45. The Kier molecular flexibility index (Phi) is 12.8. The van der Waals surface area contributed by atoms with Crippen LogP contribution in [0.4, 0.5) is 0 Å². The molecule has 0 aromatic heterocycles. The quantitative estimate of drug-likeness (QED) is 0.156. The van der Waals surface area contributed by atoms with Crippen LogP contribution < -0.4 is 0 Å². The maximum Gasteiger partial charge on any atom is 1.00 e. The van der Waals surface area contributed by atoms with Gasteiger partial charge in [-0.2, -0.15) is 5.56 Å². The minimum atomic E-state index is -0.340. The van der Waals surface area contributed by atoms with Gasteiger partial charge in [-0.05, 0) is 0 Å². The fraction of sp³-hybridized carbons (Fsp3) is 0.370. The summed E-state index contributed by atoms with van der Waals surface area (Å²) in [6, 6.07) is 18.9. The molecule has 2 rings (SSSR count). The Morgan fingerprint density at radius 2 is 1.67 bits per heavy atom. The van der Waals surface area contributed by atoms with Crippen LogP contribution in [-0.4, -0.2) is 13.1 Å². The fourth-order valence-electron chi connectivity index (χ4n) is 3.41. The van der Waals surface area contributed by atoms with E-state index in [9.17, 15) is 4.79 Å². The van der Waals surface area contributed by atoms with Gasteiger partial charge in [-0.3, -0.25) is 6.08 Å². The minimum Gasteiger partial charge on any atom is -0.466 e. The molecular weight excluding hydrogens is 420 g/mol. The number of methoxy groups -OCH3 is 1. The summed E-state index contributed by atoms with van der Waals surface area (Å²) < 4.78 is 4.76. The number of esters is 1. The van der Waals surface area contributed by atoms with E-state index < -0.39 is 0 Å². The van der Waals surface area contributed by atoms with Gasteiger partial charge in [0.05, 0.1) is 7.11 Å². The zero-order valence-electron chi connectivity index (χ0n) is 18.3. The monoisotopic (exact) mass is 452 g/mol. The molecule has 3 heteroatoms. The third kappa shape index (κ3) is 8.34. The van der Waals surface area contributed by atoms with E-state index in [-0.39, 0.29) is 29.0 Å². The number of rotatable bonds is 11. The van der Waals surface area contributed by atoms with Crippen LogP contribution in [0.1, 0.15) is 75.0 Å². The molecule has 0 bridgehead atoms. The second-order valence-corrected chi connectivity index (χ2v) is 7.28. The number of carbonyl (C=O) groups excluding carboxylic acids is 1. The van der Waals surface area contributed by atoms with Gasteiger partial charge in [-0.25, -0.2) is 10.4 Å². The third-order valence-electron chi connectivity index (χ3n) is 5.06. The van der Waals surface area contributed by atoms with Gasteiger partial charge in [-0.15, -0.1) is 6.07 Å². The van der Waals surface area contributed by atoms with Crippen LogP contribution in [0.5, 0.6) is 0 Å². The van der Waals surface area contributed by atoms with Crippen molar-refractivity contribution in [1.29, 1.82) is 0 Å². The van der Waals surface area contributed by atoms with Crippen LogP contribution in [0, 0.1) is 6.08 Å². The molecule has 0 saturated carbocycles. The van der Waals surface area contributed by atoms with E-state index >= 15 is 0 Å². The van der Waals surface area contributed by atoms with Crippen LogP contribution in [0.3, 0.4) is 0 Å². The van der Waals surface area contributed by atoms with Gasteiger partial charge in [0.15, 0.2) is 0 Å². The van der Waals surface area contributed by atoms with Crippen molar-refractivity contribution in [3.8, 4) is 0 Å². The normalized spacial score (nSPS) is 12.4. The standard InChI is InChI=1S/C27H33O2.Cu/c1-4-6-13-24(22-15-9-8-10-16-22)21-25(14-7-5-2)26-18-12-11-17-23(26)19-20-27(28)29-3;/h8-12,15-20,24H,4-7,13-14H2,1-3H3;/q-1;+1/b20-19+;. The number of hydrogen-bond donors (Lipinski definition) is 0. The van der Waals surface area contributed by atoms with E-state index in [1.165, 1.54) is 37.2 Å². The van der Waals surface area contributed by atoms with E-state index in [1.54, 1.807) is 0 Å². The van der Waals surface area contributed by atoms with E-state index in [4.69, 9.17) is 4.74 Å². The molecular formula is C27H33CuO2. The average Bonchev–Trinajstić information content (AvgIpc) is 2.78. The Morgan fingerprint density at radius 1 is 1.00 bits per heavy atom. The van der Waals surface area contributed by atoms with Gasteiger partial charge in [0.25, 0.3) is 0 Å². The third-order valence-corrected chi connectivity index (χ3v) is 5.06. The summed E-state index contributed by atoms with van der Waals surface area (Å²) >= 11 is 0. The molecule has 0 aliphatic carbocycles. The Labute approximate surface area is 192 Å². The van der Waals surface area contributed by atoms with E-state index in [2.05, 4.69) is 62.4 Å². The van der Waals surface area contributed by atoms with Crippen molar-refractivity contribution in [2.24, 2.45) is 0 Å². The van der Waals surface area contributed by atoms with Crippen molar-refractivity contribution in [2.75, 3.05) is 7.11 Å². The number of unbranched alkanes of at least 4 members (excludes halogenated alkanes) is 2. The molecule has 30 heavy (non-hydrogen) atoms. The summed E-state index contributed by atoms with van der Waals surface area (Å²) in [5, 5.41) is 0. The average molecular weight is 453 g/mol. The molecule has 0 amide bonds. The van der Waals surface area contributed by atoms with Crippen LogP contribution in [0.25, 0.3) is 11.6 Å². The van der Waals surface area contributed by atoms with Gasteiger partial charge >= 0.3 is 23.0 Å². The molecule has 0 spiro atoms. The Bertz CT molecular complexity index is 809. The van der Waals surface area contributed by atoms with Gasteiger partial charge < -0.3 is 4.74 Å². The number of carbonyl (C=O) groups is 1. The molecule has 0 aliphatic rings. The Hall–Kier alpha value is -2.09. The summed E-state index contributed by atoms with van der Waals surface area (Å²) in [5.74, 6) is -0.0615. The summed E-state index contributed by atoms with van der Waals surface area (Å²) in [7, 11) is 1.40. The van der Waals surface area contributed by atoms with Gasteiger partial charge in [0, 0.05) is 6.08 Å². The van der Waals surface area contributed by atoms with Crippen molar-refractivity contribution in [2.45, 2.75) is 58.3 Å². The molecule has 0 radical (unpaired) electrons. The maximum absolute atomic E-state index is 11.6. The number of ether oxygens (including phenoxy) is 1. The molecule has 1 atom stereocenters. The molecule has 2 aromatic carbocycles. The SMILES string of the molecule is CCCCC(=[C-]C(CCCC)c1ccccc1)c1ccccc1/C=C/C(=O)OC.[Cu+]. The first kappa shape index (κ1) is 25.9. The predicted molar refractivity (Wildman–Crippen MR) is 122 cm³/mol. The second kappa shape index (κ2) is 14.8. The summed E-state index contributed by atoms with van der Waals surface area (Å²) in [4.78, 5) is 11.6. The molecule has 0 N–H and O–H groups in total. The van der Waals surface area contributed by atoms with E-state index in [0.717, 1.165) is 36.8 Å². The maximum atomic E-state index is 11.6. The first-order chi connectivity index (χ1) is 14.2. The molecule has 0 fully saturated rings. The summed E-state index contributed by atoms with van der Waals surface area (Å²) in [6.07, 6.45) is 13.9. The van der Waals surface area contributed by atoms with Crippen LogP contribution in [0.15, 0.2) is 60.7 Å². The Morgan fingerprint density at radius 3 is 2.33 bits per heavy atom. The first-order valence-corrected chi connectivity index (χ1v) is 10.7. The Balaban J connectivity index is 0.00000450. The molecule has 0 aliphatic heterocycles. The zero-order chi connectivity index (χ0) is 20.9. The minimum absolute atomic E-state index is 0. The molecule has 164 valence electrons. The molecule has 0 saturated heterocycles. The van der Waals surface area contributed by atoms with Gasteiger partial charge in [0.2, 0.25) is 0 Å². The topological polar surface area (TPSA) is 26.3 Å².